The summed E-state index contributed by atoms with van der Waals surface area (Å²) in [7, 11) is 0. The molecule has 4 nitrogen and oxygen atoms in total. The molecule has 5 heteroatoms. The summed E-state index contributed by atoms with van der Waals surface area (Å²) in [4.78, 5) is 17.2. The lowest BCUT2D eigenvalue weighted by Gasteiger charge is -2.25. The maximum Gasteiger partial charge on any atom is 0.137 e. The first kappa shape index (κ1) is 11.5. The number of carbonyl (C=O) groups is 1. The molecule has 2 N–H and O–H groups in total. The molecule has 0 aliphatic heterocycles. The number of imidazole rings is 1. The number of halogens is 1. The van der Waals surface area contributed by atoms with Crippen molar-refractivity contribution in [1.29, 1.82) is 0 Å². The van der Waals surface area contributed by atoms with Crippen molar-refractivity contribution in [3.63, 3.8) is 0 Å². The zero-order valence-corrected chi connectivity index (χ0v) is 8.93. The van der Waals surface area contributed by atoms with Crippen LogP contribution >= 0.6 is 0 Å². The van der Waals surface area contributed by atoms with E-state index >= 15 is 0 Å². The number of hydrogen-bond acceptors (Lipinski definition) is 3. The third-order valence-corrected chi connectivity index (χ3v) is 2.62. The average Bonchev–Trinajstić information content (AvgIpc) is 2.83. The number of aromatic nitrogens is 2. The smallest absolute Gasteiger partial charge is 0.137 e. The van der Waals surface area contributed by atoms with Gasteiger partial charge in [0.1, 0.15) is 17.7 Å². The van der Waals surface area contributed by atoms with Crippen LogP contribution in [0.5, 0.6) is 0 Å². The molecular formula is C12H11FN2O2. The Hall–Kier alpha value is -2.01. The summed E-state index contributed by atoms with van der Waals surface area (Å²) in [5.41, 5.74) is -0.899. The van der Waals surface area contributed by atoms with Crippen molar-refractivity contribution in [3.05, 3.63) is 53.9 Å². The van der Waals surface area contributed by atoms with Gasteiger partial charge in [0.2, 0.25) is 0 Å². The zero-order chi connectivity index (χ0) is 12.3. The highest BCUT2D eigenvalue weighted by Crippen LogP contribution is 2.30. The predicted octanol–water partition coefficient (Wildman–Crippen LogP) is 1.37. The molecule has 1 aromatic carbocycles. The van der Waals surface area contributed by atoms with E-state index in [4.69, 9.17) is 0 Å². The number of aliphatic hydroxyl groups is 1. The molecule has 0 saturated heterocycles. The van der Waals surface area contributed by atoms with Gasteiger partial charge in [-0.1, -0.05) is 12.1 Å². The van der Waals surface area contributed by atoms with Gasteiger partial charge >= 0.3 is 0 Å². The molecule has 0 amide bonds. The second-order valence-electron chi connectivity index (χ2n) is 3.71. The van der Waals surface area contributed by atoms with E-state index in [1.54, 1.807) is 6.07 Å². The lowest BCUT2D eigenvalue weighted by Crippen LogP contribution is -2.28. The fourth-order valence-corrected chi connectivity index (χ4v) is 1.73. The van der Waals surface area contributed by atoms with E-state index in [1.807, 2.05) is 0 Å². The lowest BCUT2D eigenvalue weighted by molar-refractivity contribution is -0.111. The summed E-state index contributed by atoms with van der Waals surface area (Å²) in [6, 6.07) is 5.52. The van der Waals surface area contributed by atoms with E-state index in [1.165, 1.54) is 30.7 Å². The number of hydrogen-bond donors (Lipinski definition) is 2. The third-order valence-electron chi connectivity index (χ3n) is 2.62. The summed E-state index contributed by atoms with van der Waals surface area (Å²) in [5, 5.41) is 10.5. The molecule has 2 aromatic rings. The van der Waals surface area contributed by atoms with Gasteiger partial charge in [0.15, 0.2) is 0 Å². The van der Waals surface area contributed by atoms with Crippen molar-refractivity contribution in [2.24, 2.45) is 0 Å². The molecule has 0 spiro atoms. The second kappa shape index (κ2) is 4.47. The van der Waals surface area contributed by atoms with Gasteiger partial charge in [0, 0.05) is 6.42 Å². The van der Waals surface area contributed by atoms with Crippen LogP contribution in [-0.2, 0) is 10.4 Å². The number of rotatable bonds is 4. The highest BCUT2D eigenvalue weighted by atomic mass is 19.1. The number of carbonyl (C=O) groups excluding carboxylic acids is 1. The first-order valence-electron chi connectivity index (χ1n) is 5.08. The normalized spacial score (nSPS) is 14.2. The van der Waals surface area contributed by atoms with Crippen molar-refractivity contribution in [1.82, 2.24) is 9.97 Å². The Morgan fingerprint density at radius 2 is 2.35 bits per heavy atom. The fraction of sp³-hybridized carbons (Fsp3) is 0.167. The zero-order valence-electron chi connectivity index (χ0n) is 8.93. The van der Waals surface area contributed by atoms with Gasteiger partial charge in [0.25, 0.3) is 0 Å². The van der Waals surface area contributed by atoms with Crippen LogP contribution in [0.25, 0.3) is 0 Å². The molecule has 17 heavy (non-hydrogen) atoms. The second-order valence-corrected chi connectivity index (χ2v) is 3.71. The molecule has 0 saturated carbocycles. The molecule has 0 aliphatic carbocycles. The Morgan fingerprint density at radius 3 is 2.94 bits per heavy atom. The Balaban J connectivity index is 2.51. The number of aldehydes is 1. The highest BCUT2D eigenvalue weighted by Gasteiger charge is 2.32. The largest absolute Gasteiger partial charge is 0.378 e. The molecular weight excluding hydrogens is 223 g/mol. The molecule has 1 heterocycles. The van der Waals surface area contributed by atoms with Gasteiger partial charge < -0.3 is 14.9 Å². The molecule has 0 bridgehead atoms. The standard InChI is InChI=1S/C12H11FN2O2/c13-10-3-1-2-9(6-10)12(17,4-5-16)11-7-14-8-15-11/h1-3,5-8,17H,4H2,(H,14,15). The van der Waals surface area contributed by atoms with E-state index in [-0.39, 0.29) is 6.42 Å². The predicted molar refractivity (Wildman–Crippen MR) is 58.7 cm³/mol. The molecule has 88 valence electrons. The van der Waals surface area contributed by atoms with Crippen LogP contribution in [0.15, 0.2) is 36.8 Å². The lowest BCUT2D eigenvalue weighted by atomic mass is 9.88. The van der Waals surface area contributed by atoms with Crippen molar-refractivity contribution in [2.45, 2.75) is 12.0 Å². The third kappa shape index (κ3) is 2.09. The van der Waals surface area contributed by atoms with Crippen LogP contribution in [0.1, 0.15) is 17.7 Å². The van der Waals surface area contributed by atoms with Crippen LogP contribution < -0.4 is 0 Å². The maximum atomic E-state index is 13.2. The maximum absolute atomic E-state index is 13.2. The van der Waals surface area contributed by atoms with Gasteiger partial charge in [-0.3, -0.25) is 0 Å². The summed E-state index contributed by atoms with van der Waals surface area (Å²) in [5.74, 6) is -0.466. The fourth-order valence-electron chi connectivity index (χ4n) is 1.73. The average molecular weight is 234 g/mol. The van der Waals surface area contributed by atoms with Crippen molar-refractivity contribution < 1.29 is 14.3 Å². The van der Waals surface area contributed by atoms with Crippen LogP contribution in [0, 0.1) is 5.82 Å². The molecule has 2 rings (SSSR count). The summed E-state index contributed by atoms with van der Waals surface area (Å²) in [6.07, 6.45) is 3.23. The number of nitrogens with zero attached hydrogens (tertiary/aromatic N) is 1. The summed E-state index contributed by atoms with van der Waals surface area (Å²) < 4.78 is 13.2. The van der Waals surface area contributed by atoms with Crippen LogP contribution in [0.2, 0.25) is 0 Å². The van der Waals surface area contributed by atoms with Gasteiger partial charge in [-0.25, -0.2) is 9.37 Å². The molecule has 0 aliphatic rings. The van der Waals surface area contributed by atoms with E-state index < -0.39 is 11.4 Å². The van der Waals surface area contributed by atoms with Crippen LogP contribution in [0.3, 0.4) is 0 Å². The van der Waals surface area contributed by atoms with Gasteiger partial charge in [-0.2, -0.15) is 0 Å². The molecule has 1 unspecified atom stereocenters. The van der Waals surface area contributed by atoms with Crippen LogP contribution in [-0.4, -0.2) is 21.4 Å². The number of aromatic amines is 1. The molecule has 1 aromatic heterocycles. The monoisotopic (exact) mass is 234 g/mol. The van der Waals surface area contributed by atoms with Gasteiger partial charge in [0.05, 0.1) is 18.2 Å². The van der Waals surface area contributed by atoms with E-state index in [9.17, 15) is 14.3 Å². The Bertz CT molecular complexity index is 513. The number of nitrogens with one attached hydrogen (secondary N) is 1. The van der Waals surface area contributed by atoms with Crippen molar-refractivity contribution in [2.75, 3.05) is 0 Å². The quantitative estimate of drug-likeness (QED) is 0.785. The summed E-state index contributed by atoms with van der Waals surface area (Å²) in [6.45, 7) is 0. The van der Waals surface area contributed by atoms with E-state index in [2.05, 4.69) is 9.97 Å². The minimum absolute atomic E-state index is 0.168. The topological polar surface area (TPSA) is 66.0 Å². The number of benzene rings is 1. The van der Waals surface area contributed by atoms with Gasteiger partial charge in [-0.15, -0.1) is 0 Å². The first-order chi connectivity index (χ1) is 8.16. The van der Waals surface area contributed by atoms with E-state index in [0.717, 1.165) is 0 Å². The minimum atomic E-state index is -1.57. The minimum Gasteiger partial charge on any atom is -0.378 e. The molecule has 0 radical (unpaired) electrons. The SMILES string of the molecule is O=CCC(O)(c1cccc(F)c1)c1cnc[nH]1. The molecule has 0 fully saturated rings. The Labute approximate surface area is 97.1 Å². The first-order valence-corrected chi connectivity index (χ1v) is 5.08. The number of H-pyrrole nitrogens is 1. The Morgan fingerprint density at radius 1 is 1.53 bits per heavy atom. The van der Waals surface area contributed by atoms with Gasteiger partial charge in [-0.05, 0) is 17.7 Å². The van der Waals surface area contributed by atoms with Crippen molar-refractivity contribution >= 4 is 6.29 Å². The van der Waals surface area contributed by atoms with E-state index in [0.29, 0.717) is 17.5 Å². The highest BCUT2D eigenvalue weighted by molar-refractivity contribution is 5.55. The Kier molecular flexibility index (Phi) is 3.01. The summed E-state index contributed by atoms with van der Waals surface area (Å²) >= 11 is 0. The van der Waals surface area contributed by atoms with Crippen LogP contribution in [0.4, 0.5) is 4.39 Å². The van der Waals surface area contributed by atoms with Crippen molar-refractivity contribution in [3.8, 4) is 0 Å². The molecule has 1 atom stereocenters.